The molecule has 0 spiro atoms. The number of rotatable bonds is 5. The number of amides is 1. The summed E-state index contributed by atoms with van der Waals surface area (Å²) < 4.78 is 5.21. The molecule has 0 aliphatic heterocycles. The Kier molecular flexibility index (Phi) is 7.22. The molecule has 186 valence electrons. The highest BCUT2D eigenvalue weighted by molar-refractivity contribution is 6.09. The van der Waals surface area contributed by atoms with E-state index < -0.39 is 17.7 Å². The number of carbonyl (C=O) groups is 3. The highest BCUT2D eigenvalue weighted by Crippen LogP contribution is 2.37. The third-order valence-corrected chi connectivity index (χ3v) is 5.52. The summed E-state index contributed by atoms with van der Waals surface area (Å²) in [4.78, 5) is 44.7. The van der Waals surface area contributed by atoms with E-state index in [9.17, 15) is 14.4 Å². The molecule has 4 rings (SSSR count). The molecule has 1 saturated carbocycles. The molecule has 0 bridgehead atoms. The van der Waals surface area contributed by atoms with Gasteiger partial charge < -0.3 is 15.2 Å². The molecular weight excluding hydrogens is 470 g/mol. The van der Waals surface area contributed by atoms with Gasteiger partial charge in [0, 0.05) is 40.4 Å². The van der Waals surface area contributed by atoms with Crippen LogP contribution in [0.25, 0.3) is 22.2 Å². The minimum Gasteiger partial charge on any atom is -0.481 e. The number of aliphatic carboxylic acids is 1. The first-order valence-corrected chi connectivity index (χ1v) is 11.7. The molecule has 2 unspecified atom stereocenters. The quantitative estimate of drug-likeness (QED) is 0.404. The lowest BCUT2D eigenvalue weighted by Gasteiger charge is -2.19. The summed E-state index contributed by atoms with van der Waals surface area (Å²) in [6.45, 7) is 5.01. The molecule has 37 heavy (non-hydrogen) atoms. The van der Waals surface area contributed by atoms with Gasteiger partial charge in [0.1, 0.15) is 5.60 Å². The molecule has 2 aromatic heterocycles. The average molecular weight is 496 g/mol. The zero-order chi connectivity index (χ0) is 26.6. The van der Waals surface area contributed by atoms with Crippen LogP contribution in [-0.2, 0) is 9.53 Å². The first kappa shape index (κ1) is 25.4. The van der Waals surface area contributed by atoms with Gasteiger partial charge in [-0.05, 0) is 63.3 Å². The fourth-order valence-corrected chi connectivity index (χ4v) is 3.59. The predicted octanol–water partition coefficient (Wildman–Crippen LogP) is 4.08. The molecule has 1 aliphatic carbocycles. The number of aromatic nitrogens is 2. The Bertz CT molecular complexity index is 1500. The Morgan fingerprint density at radius 3 is 2.57 bits per heavy atom. The summed E-state index contributed by atoms with van der Waals surface area (Å²) in [5.41, 5.74) is 2.44. The summed E-state index contributed by atoms with van der Waals surface area (Å²) >= 11 is 0. The van der Waals surface area contributed by atoms with Crippen LogP contribution in [0.4, 0.5) is 4.79 Å². The van der Waals surface area contributed by atoms with E-state index >= 15 is 0 Å². The lowest BCUT2D eigenvalue weighted by atomic mass is 10.0. The number of nitrogens with one attached hydrogen (secondary N) is 1. The van der Waals surface area contributed by atoms with E-state index in [-0.39, 0.29) is 24.2 Å². The van der Waals surface area contributed by atoms with Crippen molar-refractivity contribution in [3.63, 3.8) is 0 Å². The largest absolute Gasteiger partial charge is 0.481 e. The van der Waals surface area contributed by atoms with Gasteiger partial charge in [0.25, 0.3) is 0 Å². The van der Waals surface area contributed by atoms with E-state index in [1.807, 2.05) is 24.3 Å². The van der Waals surface area contributed by atoms with Crippen LogP contribution in [0.15, 0.2) is 48.8 Å². The van der Waals surface area contributed by atoms with Crippen molar-refractivity contribution in [3.05, 3.63) is 59.9 Å². The molecule has 2 heterocycles. The molecule has 0 radical (unpaired) electrons. The topological polar surface area (TPSA) is 118 Å². The maximum atomic E-state index is 13.0. The van der Waals surface area contributed by atoms with Crippen molar-refractivity contribution in [1.82, 2.24) is 15.3 Å². The van der Waals surface area contributed by atoms with E-state index in [1.165, 1.54) is 0 Å². The Labute approximate surface area is 214 Å². The smallest absolute Gasteiger partial charge is 0.408 e. The highest BCUT2D eigenvalue weighted by atomic mass is 16.6. The average Bonchev–Trinajstić information content (AvgIpc) is 3.64. The van der Waals surface area contributed by atoms with Gasteiger partial charge in [-0.1, -0.05) is 24.0 Å². The zero-order valence-electron chi connectivity index (χ0n) is 20.7. The molecule has 8 nitrogen and oxygen atoms in total. The van der Waals surface area contributed by atoms with Gasteiger partial charge in [0.2, 0.25) is 0 Å². The maximum Gasteiger partial charge on any atom is 0.408 e. The number of nitrogens with zero attached hydrogens (tertiary/aromatic N) is 2. The third-order valence-electron chi connectivity index (χ3n) is 5.52. The van der Waals surface area contributed by atoms with Crippen LogP contribution in [-0.4, -0.2) is 45.1 Å². The number of benzene rings is 1. The first-order valence-electron chi connectivity index (χ1n) is 11.7. The number of carboxylic acid groups (broad SMARTS) is 1. The van der Waals surface area contributed by atoms with E-state index in [0.29, 0.717) is 28.6 Å². The summed E-state index contributed by atoms with van der Waals surface area (Å²) in [5.74, 6) is 9.72. The van der Waals surface area contributed by atoms with Crippen LogP contribution in [0.5, 0.6) is 0 Å². The molecular formula is C29H25N3O5. The molecule has 1 aromatic carbocycles. The van der Waals surface area contributed by atoms with Gasteiger partial charge in [-0.2, -0.15) is 0 Å². The summed E-state index contributed by atoms with van der Waals surface area (Å²) in [5, 5.41) is 12.0. The SMILES string of the molecule is CC(C)(C)OC(=O)NCC(=O)c1cc(-c2ccc(C#CC#CC3CC3C(=O)O)cc2)nc2ccncc12. The second kappa shape index (κ2) is 10.5. The number of alkyl carbamates (subject to hydrolysis) is 1. The number of ether oxygens (including phenoxy) is 1. The fraction of sp³-hybridized carbons (Fsp3) is 0.276. The van der Waals surface area contributed by atoms with Crippen LogP contribution in [0.2, 0.25) is 0 Å². The van der Waals surface area contributed by atoms with Crippen LogP contribution in [0.1, 0.15) is 43.1 Å². The predicted molar refractivity (Wildman–Crippen MR) is 137 cm³/mol. The van der Waals surface area contributed by atoms with Crippen LogP contribution >= 0.6 is 0 Å². The summed E-state index contributed by atoms with van der Waals surface area (Å²) in [6.07, 6.45) is 3.09. The molecule has 0 saturated heterocycles. The van der Waals surface area contributed by atoms with Crippen molar-refractivity contribution in [2.24, 2.45) is 11.8 Å². The van der Waals surface area contributed by atoms with Gasteiger partial charge in [-0.3, -0.25) is 14.6 Å². The van der Waals surface area contributed by atoms with Crippen molar-refractivity contribution < 1.29 is 24.2 Å². The van der Waals surface area contributed by atoms with Crippen molar-refractivity contribution >= 4 is 28.7 Å². The second-order valence-corrected chi connectivity index (χ2v) is 9.61. The van der Waals surface area contributed by atoms with Crippen molar-refractivity contribution in [2.75, 3.05) is 6.54 Å². The Balaban J connectivity index is 1.52. The number of Topliss-reactive ketones (excluding diaryl/α,β-unsaturated/α-hetero) is 1. The molecule has 2 N–H and O–H groups in total. The standard InChI is InChI=1S/C29H25N3O5/c1-29(2,3)37-28(36)31-17-26(33)22-15-25(32-24-12-13-30-16-23(22)24)19-10-8-18(9-11-19)6-4-5-7-20-14-21(20)27(34)35/h8-13,15-16,20-21H,14,17H2,1-3H3,(H,31,36)(H,34,35). The molecule has 8 heteroatoms. The minimum atomic E-state index is -0.814. The minimum absolute atomic E-state index is 0.111. The molecule has 2 atom stereocenters. The number of pyridine rings is 2. The summed E-state index contributed by atoms with van der Waals surface area (Å²) in [6, 6.07) is 10.8. The Morgan fingerprint density at radius 1 is 1.14 bits per heavy atom. The van der Waals surface area contributed by atoms with Crippen molar-refractivity contribution in [2.45, 2.75) is 32.8 Å². The number of ketones is 1. The lowest BCUT2D eigenvalue weighted by molar-refractivity contribution is -0.138. The normalized spacial score (nSPS) is 16.0. The number of hydrogen-bond donors (Lipinski definition) is 2. The van der Waals surface area contributed by atoms with E-state index in [4.69, 9.17) is 9.84 Å². The number of carbonyl (C=O) groups excluding carboxylic acids is 2. The van der Waals surface area contributed by atoms with Crippen LogP contribution in [0.3, 0.4) is 0 Å². The van der Waals surface area contributed by atoms with Crippen molar-refractivity contribution in [3.8, 4) is 34.9 Å². The van der Waals surface area contributed by atoms with Crippen molar-refractivity contribution in [1.29, 1.82) is 0 Å². The number of carboxylic acids is 1. The number of fused-ring (bicyclic) bond motifs is 1. The van der Waals surface area contributed by atoms with Crippen LogP contribution in [0, 0.1) is 35.5 Å². The van der Waals surface area contributed by atoms with Gasteiger partial charge in [0.15, 0.2) is 5.78 Å². The molecule has 1 amide bonds. The monoisotopic (exact) mass is 495 g/mol. The Morgan fingerprint density at radius 2 is 1.89 bits per heavy atom. The first-order chi connectivity index (χ1) is 17.6. The van der Waals surface area contributed by atoms with Gasteiger partial charge in [-0.15, -0.1) is 0 Å². The highest BCUT2D eigenvalue weighted by Gasteiger charge is 2.42. The number of hydrogen-bond acceptors (Lipinski definition) is 6. The van der Waals surface area contributed by atoms with E-state index in [0.717, 1.165) is 11.1 Å². The molecule has 1 aliphatic rings. The lowest BCUT2D eigenvalue weighted by Crippen LogP contribution is -2.35. The van der Waals surface area contributed by atoms with E-state index in [1.54, 1.807) is 45.3 Å². The van der Waals surface area contributed by atoms with Gasteiger partial charge in [0.05, 0.1) is 23.7 Å². The van der Waals surface area contributed by atoms with E-state index in [2.05, 4.69) is 39.0 Å². The molecule has 1 fully saturated rings. The second-order valence-electron chi connectivity index (χ2n) is 9.61. The summed E-state index contributed by atoms with van der Waals surface area (Å²) in [7, 11) is 0. The Hall–Kier alpha value is -4.69. The zero-order valence-corrected chi connectivity index (χ0v) is 20.7. The molecule has 3 aromatic rings. The maximum absolute atomic E-state index is 13.0. The fourth-order valence-electron chi connectivity index (χ4n) is 3.59. The van der Waals surface area contributed by atoms with Gasteiger partial charge >= 0.3 is 12.1 Å². The van der Waals surface area contributed by atoms with Crippen LogP contribution < -0.4 is 5.32 Å². The van der Waals surface area contributed by atoms with Gasteiger partial charge in [-0.25, -0.2) is 9.78 Å². The third kappa shape index (κ3) is 6.71.